The quantitative estimate of drug-likeness (QED) is 0.775. The lowest BCUT2D eigenvalue weighted by Crippen LogP contribution is -2.47. The second-order valence-corrected chi connectivity index (χ2v) is 4.45. The van der Waals surface area contributed by atoms with Crippen molar-refractivity contribution in [2.45, 2.75) is 6.92 Å². The third kappa shape index (κ3) is 3.35. The molecule has 0 bridgehead atoms. The number of carbonyl (C=O) groups is 1. The van der Waals surface area contributed by atoms with Gasteiger partial charge in [0, 0.05) is 26.2 Å². The smallest absolute Gasteiger partial charge is 0.239 e. The molecule has 1 aromatic rings. The summed E-state index contributed by atoms with van der Waals surface area (Å²) in [6.07, 6.45) is 0.949. The molecule has 1 saturated heterocycles. The standard InChI is InChI=1S/C13H20N4O2/c1-2-19-13-11(14)3-4-12(15-13)17-7-5-16(6-8-17)9-10-18/h3-4,10H,2,5-9,14H2,1H3. The van der Waals surface area contributed by atoms with Gasteiger partial charge < -0.3 is 20.2 Å². The number of nitrogens with two attached hydrogens (primary N) is 1. The van der Waals surface area contributed by atoms with Crippen LogP contribution in [-0.2, 0) is 4.79 Å². The van der Waals surface area contributed by atoms with E-state index in [0.29, 0.717) is 24.7 Å². The van der Waals surface area contributed by atoms with E-state index in [4.69, 9.17) is 10.5 Å². The van der Waals surface area contributed by atoms with Gasteiger partial charge in [-0.25, -0.2) is 0 Å². The molecule has 0 spiro atoms. The first kappa shape index (κ1) is 13.6. The van der Waals surface area contributed by atoms with E-state index in [1.807, 2.05) is 19.1 Å². The molecule has 0 saturated carbocycles. The molecular formula is C13H20N4O2. The number of pyridine rings is 1. The maximum Gasteiger partial charge on any atom is 0.239 e. The van der Waals surface area contributed by atoms with Gasteiger partial charge in [-0.2, -0.15) is 4.98 Å². The highest BCUT2D eigenvalue weighted by Gasteiger charge is 2.18. The summed E-state index contributed by atoms with van der Waals surface area (Å²) in [6, 6.07) is 3.73. The molecule has 1 aromatic heterocycles. The van der Waals surface area contributed by atoms with Gasteiger partial charge in [0.1, 0.15) is 12.1 Å². The topological polar surface area (TPSA) is 71.7 Å². The van der Waals surface area contributed by atoms with Gasteiger partial charge in [0.05, 0.1) is 18.8 Å². The Balaban J connectivity index is 2.02. The maximum absolute atomic E-state index is 10.5. The molecule has 19 heavy (non-hydrogen) atoms. The van der Waals surface area contributed by atoms with Crippen molar-refractivity contribution in [3.8, 4) is 5.88 Å². The molecule has 6 nitrogen and oxygen atoms in total. The van der Waals surface area contributed by atoms with Gasteiger partial charge in [0.2, 0.25) is 5.88 Å². The molecule has 0 unspecified atom stereocenters. The summed E-state index contributed by atoms with van der Waals surface area (Å²) in [5.41, 5.74) is 6.37. The Bertz CT molecular complexity index is 431. The zero-order valence-electron chi connectivity index (χ0n) is 11.2. The number of nitrogen functional groups attached to an aromatic ring is 1. The Kier molecular flexibility index (Phi) is 4.57. The van der Waals surface area contributed by atoms with Crippen LogP contribution in [0.1, 0.15) is 6.92 Å². The third-order valence-corrected chi connectivity index (χ3v) is 3.19. The van der Waals surface area contributed by atoms with Crippen LogP contribution in [0, 0.1) is 0 Å². The number of aldehydes is 1. The normalized spacial score (nSPS) is 16.4. The van der Waals surface area contributed by atoms with Crippen molar-refractivity contribution < 1.29 is 9.53 Å². The van der Waals surface area contributed by atoms with E-state index >= 15 is 0 Å². The van der Waals surface area contributed by atoms with Gasteiger partial charge in [0.25, 0.3) is 0 Å². The number of piperazine rings is 1. The van der Waals surface area contributed by atoms with Crippen LogP contribution >= 0.6 is 0 Å². The number of carbonyl (C=O) groups excluding carboxylic acids is 1. The summed E-state index contributed by atoms with van der Waals surface area (Å²) in [5, 5.41) is 0. The van der Waals surface area contributed by atoms with Crippen LogP contribution in [0.15, 0.2) is 12.1 Å². The van der Waals surface area contributed by atoms with Gasteiger partial charge >= 0.3 is 0 Å². The summed E-state index contributed by atoms with van der Waals surface area (Å²) in [4.78, 5) is 19.2. The average Bonchev–Trinajstić information content (AvgIpc) is 2.43. The van der Waals surface area contributed by atoms with E-state index in [0.717, 1.165) is 38.3 Å². The molecule has 1 aliphatic heterocycles. The van der Waals surface area contributed by atoms with Crippen LogP contribution in [-0.4, -0.2) is 55.5 Å². The van der Waals surface area contributed by atoms with E-state index in [9.17, 15) is 4.79 Å². The predicted molar refractivity (Wildman–Crippen MR) is 74.5 cm³/mol. The van der Waals surface area contributed by atoms with Gasteiger partial charge in [-0.1, -0.05) is 0 Å². The van der Waals surface area contributed by atoms with E-state index in [1.54, 1.807) is 0 Å². The van der Waals surface area contributed by atoms with E-state index in [2.05, 4.69) is 14.8 Å². The van der Waals surface area contributed by atoms with Crippen molar-refractivity contribution in [1.82, 2.24) is 9.88 Å². The fraction of sp³-hybridized carbons (Fsp3) is 0.538. The summed E-state index contributed by atoms with van der Waals surface area (Å²) < 4.78 is 5.41. The van der Waals surface area contributed by atoms with Gasteiger partial charge in [0.15, 0.2) is 0 Å². The van der Waals surface area contributed by atoms with E-state index in [-0.39, 0.29) is 0 Å². The van der Waals surface area contributed by atoms with Crippen molar-refractivity contribution in [3.05, 3.63) is 12.1 Å². The minimum Gasteiger partial charge on any atom is -0.476 e. The minimum absolute atomic E-state index is 0.496. The number of hydrogen-bond donors (Lipinski definition) is 1. The van der Waals surface area contributed by atoms with Crippen LogP contribution in [0.4, 0.5) is 11.5 Å². The lowest BCUT2D eigenvalue weighted by Gasteiger charge is -2.34. The number of rotatable bonds is 5. The highest BCUT2D eigenvalue weighted by atomic mass is 16.5. The molecule has 0 radical (unpaired) electrons. The molecule has 1 aliphatic rings. The van der Waals surface area contributed by atoms with E-state index in [1.165, 1.54) is 0 Å². The Morgan fingerprint density at radius 1 is 1.37 bits per heavy atom. The summed E-state index contributed by atoms with van der Waals surface area (Å²) in [6.45, 7) is 6.42. The van der Waals surface area contributed by atoms with Crippen LogP contribution < -0.4 is 15.4 Å². The summed E-state index contributed by atoms with van der Waals surface area (Å²) in [7, 11) is 0. The summed E-state index contributed by atoms with van der Waals surface area (Å²) >= 11 is 0. The van der Waals surface area contributed by atoms with Crippen molar-refractivity contribution in [1.29, 1.82) is 0 Å². The van der Waals surface area contributed by atoms with Crippen molar-refractivity contribution >= 4 is 17.8 Å². The maximum atomic E-state index is 10.5. The largest absolute Gasteiger partial charge is 0.476 e. The monoisotopic (exact) mass is 264 g/mol. The molecule has 0 aliphatic carbocycles. The molecular weight excluding hydrogens is 244 g/mol. The number of nitrogens with zero attached hydrogens (tertiary/aromatic N) is 3. The van der Waals surface area contributed by atoms with Crippen LogP contribution in [0.3, 0.4) is 0 Å². The SMILES string of the molecule is CCOc1nc(N2CCN(CC=O)CC2)ccc1N. The first-order chi connectivity index (χ1) is 9.24. The molecule has 0 aromatic carbocycles. The first-order valence-corrected chi connectivity index (χ1v) is 6.55. The second kappa shape index (κ2) is 6.38. The number of anilines is 2. The Morgan fingerprint density at radius 2 is 2.11 bits per heavy atom. The Hall–Kier alpha value is -1.82. The third-order valence-electron chi connectivity index (χ3n) is 3.19. The van der Waals surface area contributed by atoms with Crippen molar-refractivity contribution in [2.75, 3.05) is 50.0 Å². The lowest BCUT2D eigenvalue weighted by molar-refractivity contribution is -0.108. The highest BCUT2D eigenvalue weighted by Crippen LogP contribution is 2.23. The Morgan fingerprint density at radius 3 is 2.74 bits per heavy atom. The highest BCUT2D eigenvalue weighted by molar-refractivity contribution is 5.55. The molecule has 0 amide bonds. The fourth-order valence-electron chi connectivity index (χ4n) is 2.13. The zero-order chi connectivity index (χ0) is 13.7. The summed E-state index contributed by atoms with van der Waals surface area (Å²) in [5.74, 6) is 1.37. The van der Waals surface area contributed by atoms with Crippen LogP contribution in [0.5, 0.6) is 5.88 Å². The lowest BCUT2D eigenvalue weighted by atomic mass is 10.3. The minimum atomic E-state index is 0.496. The van der Waals surface area contributed by atoms with Crippen LogP contribution in [0.25, 0.3) is 0 Å². The predicted octanol–water partition coefficient (Wildman–Crippen LogP) is 0.383. The number of hydrogen-bond acceptors (Lipinski definition) is 6. The molecule has 104 valence electrons. The molecule has 2 heterocycles. The second-order valence-electron chi connectivity index (χ2n) is 4.45. The van der Waals surface area contributed by atoms with E-state index < -0.39 is 0 Å². The fourth-order valence-corrected chi connectivity index (χ4v) is 2.13. The van der Waals surface area contributed by atoms with Crippen LogP contribution in [0.2, 0.25) is 0 Å². The number of aromatic nitrogens is 1. The number of ether oxygens (including phenoxy) is 1. The molecule has 2 rings (SSSR count). The van der Waals surface area contributed by atoms with Crippen molar-refractivity contribution in [3.63, 3.8) is 0 Å². The molecule has 6 heteroatoms. The molecule has 1 fully saturated rings. The average molecular weight is 264 g/mol. The van der Waals surface area contributed by atoms with Gasteiger partial charge in [-0.05, 0) is 19.1 Å². The van der Waals surface area contributed by atoms with Gasteiger partial charge in [-0.15, -0.1) is 0 Å². The first-order valence-electron chi connectivity index (χ1n) is 6.55. The van der Waals surface area contributed by atoms with Crippen molar-refractivity contribution in [2.24, 2.45) is 0 Å². The zero-order valence-corrected chi connectivity index (χ0v) is 11.2. The van der Waals surface area contributed by atoms with Gasteiger partial charge in [-0.3, -0.25) is 4.90 Å². The molecule has 0 atom stereocenters. The molecule has 2 N–H and O–H groups in total. The Labute approximate surface area is 113 Å².